The van der Waals surface area contributed by atoms with Crippen LogP contribution in [0.25, 0.3) is 0 Å². The van der Waals surface area contributed by atoms with Crippen molar-refractivity contribution in [3.05, 3.63) is 22.8 Å². The van der Waals surface area contributed by atoms with Crippen LogP contribution in [0, 0.1) is 11.3 Å². The van der Waals surface area contributed by atoms with E-state index in [0.29, 0.717) is 29.5 Å². The standard InChI is InChI=1S/C13H16ClN3O2/c1-13(2)8-17(6-10(7-18)19-13)12-11(14)9(5-15)3-4-16-12/h3-4,10,18H,6-8H2,1-2H3. The molecule has 1 saturated heterocycles. The summed E-state index contributed by atoms with van der Waals surface area (Å²) in [6, 6.07) is 3.63. The van der Waals surface area contributed by atoms with Crippen LogP contribution in [-0.2, 0) is 4.74 Å². The first-order valence-corrected chi connectivity index (χ1v) is 6.43. The Hall–Kier alpha value is -1.35. The van der Waals surface area contributed by atoms with Crippen LogP contribution in [-0.4, -0.2) is 41.5 Å². The molecule has 1 aliphatic heterocycles. The number of hydrogen-bond donors (Lipinski definition) is 1. The Labute approximate surface area is 117 Å². The Bertz CT molecular complexity index is 513. The third-order valence-electron chi connectivity index (χ3n) is 2.98. The van der Waals surface area contributed by atoms with Gasteiger partial charge in [-0.05, 0) is 19.9 Å². The maximum atomic E-state index is 9.30. The van der Waals surface area contributed by atoms with Crippen molar-refractivity contribution in [3.63, 3.8) is 0 Å². The minimum atomic E-state index is -0.403. The Morgan fingerprint density at radius 2 is 2.42 bits per heavy atom. The summed E-state index contributed by atoms with van der Waals surface area (Å²) in [6.07, 6.45) is 1.28. The van der Waals surface area contributed by atoms with Gasteiger partial charge >= 0.3 is 0 Å². The second-order valence-electron chi connectivity index (χ2n) is 5.17. The number of aromatic nitrogens is 1. The fourth-order valence-corrected chi connectivity index (χ4v) is 2.57. The summed E-state index contributed by atoms with van der Waals surface area (Å²) in [5.74, 6) is 0.565. The topological polar surface area (TPSA) is 69.4 Å². The summed E-state index contributed by atoms with van der Waals surface area (Å²) in [5, 5.41) is 18.6. The molecule has 2 heterocycles. The molecule has 0 aromatic carbocycles. The first kappa shape index (κ1) is 14.1. The van der Waals surface area contributed by atoms with Crippen LogP contribution in [0.4, 0.5) is 5.82 Å². The Kier molecular flexibility index (Phi) is 3.95. The van der Waals surface area contributed by atoms with E-state index in [9.17, 15) is 5.11 Å². The number of nitriles is 1. The largest absolute Gasteiger partial charge is 0.394 e. The van der Waals surface area contributed by atoms with Crippen molar-refractivity contribution >= 4 is 17.4 Å². The lowest BCUT2D eigenvalue weighted by Crippen LogP contribution is -2.54. The Balaban J connectivity index is 2.33. The first-order chi connectivity index (χ1) is 8.96. The number of rotatable bonds is 2. The molecule has 0 radical (unpaired) electrons. The van der Waals surface area contributed by atoms with Gasteiger partial charge in [-0.2, -0.15) is 5.26 Å². The lowest BCUT2D eigenvalue weighted by molar-refractivity contribution is -0.101. The molecule has 1 unspecified atom stereocenters. The van der Waals surface area contributed by atoms with Gasteiger partial charge in [0.25, 0.3) is 0 Å². The highest BCUT2D eigenvalue weighted by atomic mass is 35.5. The molecule has 1 aromatic rings. The van der Waals surface area contributed by atoms with E-state index < -0.39 is 5.60 Å². The predicted molar refractivity (Wildman–Crippen MR) is 72.2 cm³/mol. The summed E-state index contributed by atoms with van der Waals surface area (Å²) in [7, 11) is 0. The van der Waals surface area contributed by atoms with Gasteiger partial charge in [0.2, 0.25) is 0 Å². The minimum absolute atomic E-state index is 0.0600. The van der Waals surface area contributed by atoms with Crippen LogP contribution in [0.2, 0.25) is 5.02 Å². The molecule has 5 nitrogen and oxygen atoms in total. The monoisotopic (exact) mass is 281 g/mol. The Morgan fingerprint density at radius 3 is 3.05 bits per heavy atom. The van der Waals surface area contributed by atoms with Gasteiger partial charge in [0, 0.05) is 19.3 Å². The van der Waals surface area contributed by atoms with Crippen molar-refractivity contribution in [3.8, 4) is 6.07 Å². The van der Waals surface area contributed by atoms with Gasteiger partial charge in [-0.1, -0.05) is 11.6 Å². The number of hydrogen-bond acceptors (Lipinski definition) is 5. The fraction of sp³-hybridized carbons (Fsp3) is 0.538. The SMILES string of the molecule is CC1(C)CN(c2nccc(C#N)c2Cl)CC(CO)O1. The zero-order valence-corrected chi connectivity index (χ0v) is 11.7. The van der Waals surface area contributed by atoms with Crippen molar-refractivity contribution < 1.29 is 9.84 Å². The molecule has 0 spiro atoms. The number of aliphatic hydroxyl groups is 1. The van der Waals surface area contributed by atoms with Gasteiger partial charge in [0.05, 0.1) is 23.9 Å². The van der Waals surface area contributed by atoms with Gasteiger partial charge in [-0.15, -0.1) is 0 Å². The van der Waals surface area contributed by atoms with E-state index in [4.69, 9.17) is 21.6 Å². The molecular weight excluding hydrogens is 266 g/mol. The molecule has 1 atom stereocenters. The van der Waals surface area contributed by atoms with E-state index in [-0.39, 0.29) is 12.7 Å². The number of aliphatic hydroxyl groups excluding tert-OH is 1. The van der Waals surface area contributed by atoms with Crippen LogP contribution >= 0.6 is 11.6 Å². The van der Waals surface area contributed by atoms with Crippen LogP contribution in [0.3, 0.4) is 0 Å². The van der Waals surface area contributed by atoms with Crippen molar-refractivity contribution in [2.24, 2.45) is 0 Å². The lowest BCUT2D eigenvalue weighted by atomic mass is 10.1. The molecular formula is C13H16ClN3O2. The summed E-state index contributed by atoms with van der Waals surface area (Å²) < 4.78 is 5.74. The van der Waals surface area contributed by atoms with Crippen LogP contribution < -0.4 is 4.90 Å². The molecule has 0 bridgehead atoms. The zero-order valence-electron chi connectivity index (χ0n) is 10.9. The molecule has 1 aromatic heterocycles. The van der Waals surface area contributed by atoms with Gasteiger partial charge < -0.3 is 14.7 Å². The van der Waals surface area contributed by atoms with Crippen molar-refractivity contribution in [1.29, 1.82) is 5.26 Å². The molecule has 0 amide bonds. The van der Waals surface area contributed by atoms with Crippen LogP contribution in [0.5, 0.6) is 0 Å². The number of nitrogens with zero attached hydrogens (tertiary/aromatic N) is 3. The average molecular weight is 282 g/mol. The minimum Gasteiger partial charge on any atom is -0.394 e. The maximum Gasteiger partial charge on any atom is 0.148 e. The molecule has 2 rings (SSSR count). The van der Waals surface area contributed by atoms with Crippen LogP contribution in [0.15, 0.2) is 12.3 Å². The van der Waals surface area contributed by atoms with Gasteiger partial charge in [0.1, 0.15) is 16.9 Å². The quantitative estimate of drug-likeness (QED) is 0.891. The summed E-state index contributed by atoms with van der Waals surface area (Å²) in [6.45, 7) is 4.94. The smallest absolute Gasteiger partial charge is 0.148 e. The second-order valence-corrected chi connectivity index (χ2v) is 5.55. The predicted octanol–water partition coefficient (Wildman–Crippen LogP) is 1.58. The van der Waals surface area contributed by atoms with Crippen LogP contribution in [0.1, 0.15) is 19.4 Å². The number of ether oxygens (including phenoxy) is 1. The highest BCUT2D eigenvalue weighted by Crippen LogP contribution is 2.31. The first-order valence-electron chi connectivity index (χ1n) is 6.05. The maximum absolute atomic E-state index is 9.30. The fourth-order valence-electron chi connectivity index (χ4n) is 2.29. The molecule has 0 saturated carbocycles. The summed E-state index contributed by atoms with van der Waals surface area (Å²) in [5.41, 5.74) is -0.00392. The van der Waals surface area contributed by atoms with Gasteiger partial charge in [-0.25, -0.2) is 4.98 Å². The number of morpholine rings is 1. The molecule has 1 N–H and O–H groups in total. The summed E-state index contributed by atoms with van der Waals surface area (Å²) >= 11 is 6.20. The van der Waals surface area contributed by atoms with E-state index in [1.54, 1.807) is 12.3 Å². The average Bonchev–Trinajstić information content (AvgIpc) is 2.37. The third kappa shape index (κ3) is 2.98. The molecule has 19 heavy (non-hydrogen) atoms. The van der Waals surface area contributed by atoms with E-state index in [1.165, 1.54) is 0 Å². The highest BCUT2D eigenvalue weighted by Gasteiger charge is 2.34. The lowest BCUT2D eigenvalue weighted by Gasteiger charge is -2.43. The molecule has 102 valence electrons. The highest BCUT2D eigenvalue weighted by molar-refractivity contribution is 6.34. The van der Waals surface area contributed by atoms with Crippen molar-refractivity contribution in [2.75, 3.05) is 24.6 Å². The Morgan fingerprint density at radius 1 is 1.68 bits per heavy atom. The molecule has 6 heteroatoms. The number of anilines is 1. The van der Waals surface area contributed by atoms with E-state index >= 15 is 0 Å². The number of pyridine rings is 1. The zero-order chi connectivity index (χ0) is 14.0. The number of halogens is 1. The second kappa shape index (κ2) is 5.33. The van der Waals surface area contributed by atoms with E-state index in [2.05, 4.69) is 4.98 Å². The summed E-state index contributed by atoms with van der Waals surface area (Å²) in [4.78, 5) is 6.20. The van der Waals surface area contributed by atoms with Crippen molar-refractivity contribution in [2.45, 2.75) is 25.6 Å². The third-order valence-corrected chi connectivity index (χ3v) is 3.35. The van der Waals surface area contributed by atoms with Gasteiger partial charge in [0.15, 0.2) is 0 Å². The van der Waals surface area contributed by atoms with E-state index in [1.807, 2.05) is 24.8 Å². The van der Waals surface area contributed by atoms with Gasteiger partial charge in [-0.3, -0.25) is 0 Å². The van der Waals surface area contributed by atoms with E-state index in [0.717, 1.165) is 0 Å². The molecule has 1 fully saturated rings. The molecule has 1 aliphatic rings. The normalized spacial score (nSPS) is 22.1. The van der Waals surface area contributed by atoms with Crippen molar-refractivity contribution in [1.82, 2.24) is 4.98 Å². The molecule has 0 aliphatic carbocycles.